The maximum atomic E-state index is 13.3. The molecule has 0 amide bonds. The quantitative estimate of drug-likeness (QED) is 0.719. The summed E-state index contributed by atoms with van der Waals surface area (Å²) in [6.07, 6.45) is 0. The molecule has 0 aliphatic heterocycles. The fraction of sp³-hybridized carbons (Fsp3) is 0.400. The van der Waals surface area contributed by atoms with E-state index in [9.17, 15) is 8.78 Å². The number of nitrogens with two attached hydrogens (primary N) is 2. The van der Waals surface area contributed by atoms with Crippen LogP contribution in [-0.2, 0) is 0 Å². The van der Waals surface area contributed by atoms with Crippen LogP contribution in [0.5, 0.6) is 0 Å². The maximum absolute atomic E-state index is 13.3. The first-order chi connectivity index (χ1) is 6.43. The van der Waals surface area contributed by atoms with Gasteiger partial charge in [0.15, 0.2) is 11.6 Å². The molecule has 1 atom stereocenters. The molecule has 0 spiro atoms. The van der Waals surface area contributed by atoms with Crippen molar-refractivity contribution in [3.8, 4) is 0 Å². The van der Waals surface area contributed by atoms with E-state index in [1.807, 2.05) is 13.8 Å². The lowest BCUT2D eigenvalue weighted by Crippen LogP contribution is -2.19. The number of hydrogen-bond acceptors (Lipinski definition) is 2. The highest BCUT2D eigenvalue weighted by Gasteiger charge is 2.18. The van der Waals surface area contributed by atoms with Crippen LogP contribution >= 0.6 is 0 Å². The van der Waals surface area contributed by atoms with Crippen LogP contribution < -0.4 is 11.5 Å². The Balaban J connectivity index is 3.20. The second-order valence-electron chi connectivity index (χ2n) is 3.68. The van der Waals surface area contributed by atoms with Crippen LogP contribution in [-0.4, -0.2) is 0 Å². The third-order valence-electron chi connectivity index (χ3n) is 2.16. The molecule has 14 heavy (non-hydrogen) atoms. The molecule has 1 aromatic rings. The van der Waals surface area contributed by atoms with E-state index in [4.69, 9.17) is 11.5 Å². The van der Waals surface area contributed by atoms with Crippen molar-refractivity contribution in [3.63, 3.8) is 0 Å². The largest absolute Gasteiger partial charge is 0.399 e. The van der Waals surface area contributed by atoms with Crippen molar-refractivity contribution in [2.75, 3.05) is 5.73 Å². The zero-order chi connectivity index (χ0) is 10.9. The van der Waals surface area contributed by atoms with Gasteiger partial charge in [-0.25, -0.2) is 8.78 Å². The molecule has 1 aromatic carbocycles. The Hall–Kier alpha value is -1.16. The van der Waals surface area contributed by atoms with E-state index in [2.05, 4.69) is 0 Å². The second kappa shape index (κ2) is 3.92. The van der Waals surface area contributed by atoms with Gasteiger partial charge in [-0.15, -0.1) is 0 Å². The zero-order valence-electron chi connectivity index (χ0n) is 8.22. The third kappa shape index (κ3) is 2.01. The average molecular weight is 200 g/mol. The van der Waals surface area contributed by atoms with Gasteiger partial charge in [-0.2, -0.15) is 0 Å². The Kier molecular flexibility index (Phi) is 3.06. The van der Waals surface area contributed by atoms with Gasteiger partial charge < -0.3 is 11.5 Å². The summed E-state index contributed by atoms with van der Waals surface area (Å²) in [7, 11) is 0. The minimum Gasteiger partial charge on any atom is -0.399 e. The molecule has 1 rings (SSSR count). The SMILES string of the molecule is CC(C)C(N)c1cc(N)cc(F)c1F. The van der Waals surface area contributed by atoms with E-state index < -0.39 is 17.7 Å². The predicted molar refractivity (Wildman–Crippen MR) is 52.5 cm³/mol. The summed E-state index contributed by atoms with van der Waals surface area (Å²) in [5.74, 6) is -1.82. The standard InChI is InChI=1S/C10H14F2N2/c1-5(2)10(14)7-3-6(13)4-8(11)9(7)12/h3-5,10H,13-14H2,1-2H3. The van der Waals surface area contributed by atoms with E-state index in [1.54, 1.807) is 0 Å². The highest BCUT2D eigenvalue weighted by molar-refractivity contribution is 5.43. The Morgan fingerprint density at radius 2 is 1.79 bits per heavy atom. The molecule has 1 unspecified atom stereocenters. The smallest absolute Gasteiger partial charge is 0.163 e. The topological polar surface area (TPSA) is 52.0 Å². The van der Waals surface area contributed by atoms with Crippen LogP contribution in [0, 0.1) is 17.6 Å². The Morgan fingerprint density at radius 1 is 1.21 bits per heavy atom. The van der Waals surface area contributed by atoms with Crippen LogP contribution in [0.2, 0.25) is 0 Å². The molecule has 0 heterocycles. The van der Waals surface area contributed by atoms with Crippen molar-refractivity contribution in [3.05, 3.63) is 29.3 Å². The average Bonchev–Trinajstić information content (AvgIpc) is 2.09. The first-order valence-electron chi connectivity index (χ1n) is 4.43. The maximum Gasteiger partial charge on any atom is 0.163 e. The lowest BCUT2D eigenvalue weighted by molar-refractivity contribution is 0.453. The Labute approximate surface area is 81.9 Å². The molecular formula is C10H14F2N2. The normalized spacial score (nSPS) is 13.3. The summed E-state index contributed by atoms with van der Waals surface area (Å²) >= 11 is 0. The molecule has 0 bridgehead atoms. The molecule has 78 valence electrons. The third-order valence-corrected chi connectivity index (χ3v) is 2.16. The Morgan fingerprint density at radius 3 is 2.29 bits per heavy atom. The van der Waals surface area contributed by atoms with E-state index in [1.165, 1.54) is 6.07 Å². The molecule has 0 radical (unpaired) electrons. The van der Waals surface area contributed by atoms with Crippen molar-refractivity contribution in [1.82, 2.24) is 0 Å². The summed E-state index contributed by atoms with van der Waals surface area (Å²) < 4.78 is 26.2. The zero-order valence-corrected chi connectivity index (χ0v) is 8.22. The molecule has 0 fully saturated rings. The number of nitrogen functional groups attached to an aromatic ring is 1. The summed E-state index contributed by atoms with van der Waals surface area (Å²) in [5.41, 5.74) is 11.4. The van der Waals surface area contributed by atoms with E-state index in [0.717, 1.165) is 6.07 Å². The van der Waals surface area contributed by atoms with Crippen molar-refractivity contribution < 1.29 is 8.78 Å². The molecule has 0 aromatic heterocycles. The van der Waals surface area contributed by atoms with Gasteiger partial charge >= 0.3 is 0 Å². The molecule has 2 nitrogen and oxygen atoms in total. The van der Waals surface area contributed by atoms with Gasteiger partial charge in [0.1, 0.15) is 0 Å². The van der Waals surface area contributed by atoms with Crippen LogP contribution in [0.3, 0.4) is 0 Å². The lowest BCUT2D eigenvalue weighted by Gasteiger charge is -2.17. The number of anilines is 1. The van der Waals surface area contributed by atoms with E-state index in [0.29, 0.717) is 0 Å². The van der Waals surface area contributed by atoms with E-state index in [-0.39, 0.29) is 17.2 Å². The minimum atomic E-state index is -0.948. The van der Waals surface area contributed by atoms with Crippen LogP contribution in [0.25, 0.3) is 0 Å². The van der Waals surface area contributed by atoms with Crippen molar-refractivity contribution >= 4 is 5.69 Å². The van der Waals surface area contributed by atoms with Crippen molar-refractivity contribution in [1.29, 1.82) is 0 Å². The van der Waals surface area contributed by atoms with Crippen LogP contribution in [0.15, 0.2) is 12.1 Å². The van der Waals surface area contributed by atoms with Crippen LogP contribution in [0.4, 0.5) is 14.5 Å². The summed E-state index contributed by atoms with van der Waals surface area (Å²) in [5, 5.41) is 0. The Bertz CT molecular complexity index is 337. The minimum absolute atomic E-state index is 0.0331. The molecule has 4 heteroatoms. The summed E-state index contributed by atoms with van der Waals surface area (Å²) in [4.78, 5) is 0. The molecule has 0 saturated carbocycles. The molecular weight excluding hydrogens is 186 g/mol. The number of hydrogen-bond donors (Lipinski definition) is 2. The van der Waals surface area contributed by atoms with Crippen LogP contribution in [0.1, 0.15) is 25.5 Å². The number of rotatable bonds is 2. The fourth-order valence-electron chi connectivity index (χ4n) is 1.23. The van der Waals surface area contributed by atoms with Gasteiger partial charge in [-0.1, -0.05) is 13.8 Å². The molecule has 4 N–H and O–H groups in total. The van der Waals surface area contributed by atoms with Gasteiger partial charge in [-0.05, 0) is 18.1 Å². The van der Waals surface area contributed by atoms with Crippen molar-refractivity contribution in [2.24, 2.45) is 11.7 Å². The van der Waals surface area contributed by atoms with Gasteiger partial charge in [0.25, 0.3) is 0 Å². The predicted octanol–water partition coefficient (Wildman–Crippen LogP) is 2.20. The number of benzene rings is 1. The fourth-order valence-corrected chi connectivity index (χ4v) is 1.23. The first kappa shape index (κ1) is 10.9. The lowest BCUT2D eigenvalue weighted by atomic mass is 9.96. The second-order valence-corrected chi connectivity index (χ2v) is 3.68. The molecule has 0 aliphatic carbocycles. The van der Waals surface area contributed by atoms with Gasteiger partial charge in [0.2, 0.25) is 0 Å². The summed E-state index contributed by atoms with van der Waals surface area (Å²) in [6.45, 7) is 3.68. The highest BCUT2D eigenvalue weighted by atomic mass is 19.2. The molecule has 0 aliphatic rings. The van der Waals surface area contributed by atoms with E-state index >= 15 is 0 Å². The van der Waals surface area contributed by atoms with Gasteiger partial charge in [-0.3, -0.25) is 0 Å². The summed E-state index contributed by atoms with van der Waals surface area (Å²) in [6, 6.07) is 1.79. The first-order valence-corrected chi connectivity index (χ1v) is 4.43. The van der Waals surface area contributed by atoms with Gasteiger partial charge in [0.05, 0.1) is 0 Å². The number of halogens is 2. The highest BCUT2D eigenvalue weighted by Crippen LogP contribution is 2.25. The molecule has 0 saturated heterocycles. The van der Waals surface area contributed by atoms with Gasteiger partial charge in [0, 0.05) is 17.3 Å². The van der Waals surface area contributed by atoms with Crippen molar-refractivity contribution in [2.45, 2.75) is 19.9 Å². The monoisotopic (exact) mass is 200 g/mol.